The maximum Gasteiger partial charge on any atom is 0.139 e. The molecule has 0 bridgehead atoms. The van der Waals surface area contributed by atoms with Crippen molar-refractivity contribution in [1.29, 1.82) is 0 Å². The van der Waals surface area contributed by atoms with E-state index in [4.69, 9.17) is 5.84 Å². The van der Waals surface area contributed by atoms with Gasteiger partial charge in [0.25, 0.3) is 0 Å². The smallest absolute Gasteiger partial charge is 0.139 e. The van der Waals surface area contributed by atoms with Gasteiger partial charge in [-0.2, -0.15) is 0 Å². The molecule has 0 atom stereocenters. The fraction of sp³-hybridized carbons (Fsp3) is 0. The summed E-state index contributed by atoms with van der Waals surface area (Å²) in [5.74, 6) is 5.87. The van der Waals surface area contributed by atoms with E-state index in [9.17, 15) is 0 Å². The fourth-order valence-electron chi connectivity index (χ4n) is 1.19. The molecule has 0 aliphatic carbocycles. The number of nitrogens with zero attached hydrogens (tertiary/aromatic N) is 2. The summed E-state index contributed by atoms with van der Waals surface area (Å²) >= 11 is 0. The van der Waals surface area contributed by atoms with Crippen molar-refractivity contribution in [2.45, 2.75) is 0 Å². The van der Waals surface area contributed by atoms with E-state index in [0.717, 1.165) is 11.1 Å². The molecule has 0 aliphatic rings. The minimum Gasteiger partial charge on any atom is -0.308 e. The molecule has 0 aliphatic heterocycles. The third-order valence-corrected chi connectivity index (χ3v) is 1.93. The molecule has 14 heavy (non-hydrogen) atoms. The van der Waals surface area contributed by atoms with Crippen LogP contribution in [0.4, 0.5) is 5.82 Å². The summed E-state index contributed by atoms with van der Waals surface area (Å²) in [4.78, 5) is 8.07. The molecule has 0 amide bonds. The molecule has 0 saturated heterocycles. The number of hydrogen-bond acceptors (Lipinski definition) is 4. The zero-order valence-corrected chi connectivity index (χ0v) is 7.51. The molecule has 0 saturated carbocycles. The predicted molar refractivity (Wildman–Crippen MR) is 55.3 cm³/mol. The summed E-state index contributed by atoms with van der Waals surface area (Å²) < 4.78 is 0. The Kier molecular flexibility index (Phi) is 2.38. The van der Waals surface area contributed by atoms with Crippen LogP contribution in [0.3, 0.4) is 0 Å². The lowest BCUT2D eigenvalue weighted by Crippen LogP contribution is -2.07. The van der Waals surface area contributed by atoms with Crippen molar-refractivity contribution < 1.29 is 0 Å². The van der Waals surface area contributed by atoms with Gasteiger partial charge in [-0.25, -0.2) is 10.8 Å². The molecule has 0 radical (unpaired) electrons. The van der Waals surface area contributed by atoms with Gasteiger partial charge in [-0.1, -0.05) is 0 Å². The van der Waals surface area contributed by atoms with E-state index in [1.807, 2.05) is 24.3 Å². The highest BCUT2D eigenvalue weighted by molar-refractivity contribution is 5.62. The average molecular weight is 186 g/mol. The van der Waals surface area contributed by atoms with Crippen LogP contribution in [0.15, 0.2) is 42.9 Å². The van der Waals surface area contributed by atoms with Gasteiger partial charge in [0.1, 0.15) is 5.82 Å². The number of nitrogens with two attached hydrogens (primary N) is 1. The maximum atomic E-state index is 5.22. The highest BCUT2D eigenvalue weighted by Crippen LogP contribution is 2.17. The first kappa shape index (κ1) is 8.65. The van der Waals surface area contributed by atoms with Crippen LogP contribution in [0.1, 0.15) is 0 Å². The van der Waals surface area contributed by atoms with Gasteiger partial charge in [0.05, 0.1) is 0 Å². The number of rotatable bonds is 2. The second kappa shape index (κ2) is 3.85. The lowest BCUT2D eigenvalue weighted by atomic mass is 10.1. The summed E-state index contributed by atoms with van der Waals surface area (Å²) in [6, 6.07) is 7.66. The normalized spacial score (nSPS) is 9.79. The van der Waals surface area contributed by atoms with E-state index < -0.39 is 0 Å². The molecule has 2 heterocycles. The Morgan fingerprint density at radius 1 is 1.00 bits per heavy atom. The van der Waals surface area contributed by atoms with Crippen molar-refractivity contribution in [1.82, 2.24) is 9.97 Å². The maximum absolute atomic E-state index is 5.22. The Hall–Kier alpha value is -1.94. The van der Waals surface area contributed by atoms with Gasteiger partial charge in [-0.15, -0.1) is 0 Å². The first-order valence-corrected chi connectivity index (χ1v) is 4.23. The van der Waals surface area contributed by atoms with Crippen molar-refractivity contribution in [3.05, 3.63) is 42.9 Å². The van der Waals surface area contributed by atoms with Crippen molar-refractivity contribution in [2.24, 2.45) is 5.84 Å². The monoisotopic (exact) mass is 186 g/mol. The predicted octanol–water partition coefficient (Wildman–Crippen LogP) is 1.43. The highest BCUT2D eigenvalue weighted by Gasteiger charge is 1.96. The first-order valence-electron chi connectivity index (χ1n) is 4.23. The Morgan fingerprint density at radius 2 is 1.79 bits per heavy atom. The molecule has 0 fully saturated rings. The number of pyridine rings is 2. The molecule has 4 nitrogen and oxygen atoms in total. The van der Waals surface area contributed by atoms with Crippen molar-refractivity contribution in [2.75, 3.05) is 5.43 Å². The lowest BCUT2D eigenvalue weighted by Gasteiger charge is -2.01. The van der Waals surface area contributed by atoms with Gasteiger partial charge < -0.3 is 5.43 Å². The third kappa shape index (κ3) is 1.70. The van der Waals surface area contributed by atoms with E-state index >= 15 is 0 Å². The van der Waals surface area contributed by atoms with E-state index in [1.54, 1.807) is 18.6 Å². The van der Waals surface area contributed by atoms with Crippen LogP contribution in [0, 0.1) is 0 Å². The van der Waals surface area contributed by atoms with Crippen molar-refractivity contribution in [3.63, 3.8) is 0 Å². The van der Waals surface area contributed by atoms with E-state index in [2.05, 4.69) is 15.4 Å². The number of aromatic nitrogens is 2. The number of anilines is 1. The van der Waals surface area contributed by atoms with Crippen molar-refractivity contribution >= 4 is 5.82 Å². The second-order valence-corrected chi connectivity index (χ2v) is 2.81. The summed E-state index contributed by atoms with van der Waals surface area (Å²) in [5.41, 5.74) is 4.62. The molecule has 4 heteroatoms. The highest BCUT2D eigenvalue weighted by atomic mass is 15.2. The molecule has 2 aromatic heterocycles. The van der Waals surface area contributed by atoms with Crippen LogP contribution in [0.25, 0.3) is 11.1 Å². The van der Waals surface area contributed by atoms with Crippen LogP contribution in [-0.4, -0.2) is 9.97 Å². The molecule has 2 rings (SSSR count). The summed E-state index contributed by atoms with van der Waals surface area (Å²) in [7, 11) is 0. The topological polar surface area (TPSA) is 63.8 Å². The Bertz CT molecular complexity index is 396. The quantitative estimate of drug-likeness (QED) is 0.550. The van der Waals surface area contributed by atoms with Gasteiger partial charge >= 0.3 is 0 Å². The summed E-state index contributed by atoms with van der Waals surface area (Å²) in [6.07, 6.45) is 5.28. The number of hydrogen-bond donors (Lipinski definition) is 2. The van der Waals surface area contributed by atoms with E-state index in [1.165, 1.54) is 0 Å². The van der Waals surface area contributed by atoms with Gasteiger partial charge in [0, 0.05) is 24.2 Å². The number of hydrazine groups is 1. The van der Waals surface area contributed by atoms with Gasteiger partial charge in [0.2, 0.25) is 0 Å². The van der Waals surface area contributed by atoms with Gasteiger partial charge in [0.15, 0.2) is 0 Å². The van der Waals surface area contributed by atoms with Crippen LogP contribution >= 0.6 is 0 Å². The van der Waals surface area contributed by atoms with Crippen LogP contribution in [0.5, 0.6) is 0 Å². The minimum atomic E-state index is 0.655. The van der Waals surface area contributed by atoms with Crippen LogP contribution < -0.4 is 11.3 Å². The van der Waals surface area contributed by atoms with Crippen LogP contribution in [0.2, 0.25) is 0 Å². The summed E-state index contributed by atoms with van der Waals surface area (Å²) in [5, 5.41) is 0. The molecule has 70 valence electrons. The minimum absolute atomic E-state index is 0.655. The Labute approximate surface area is 81.8 Å². The number of nitrogen functional groups attached to an aromatic ring is 1. The molecule has 0 unspecified atom stereocenters. The summed E-state index contributed by atoms with van der Waals surface area (Å²) in [6.45, 7) is 0. The number of nitrogens with one attached hydrogen (secondary N) is 1. The molecule has 3 N–H and O–H groups in total. The van der Waals surface area contributed by atoms with Gasteiger partial charge in [-0.3, -0.25) is 4.98 Å². The molecule has 0 aromatic carbocycles. The SMILES string of the molecule is NNc1ccc(-c2ccncc2)cn1. The third-order valence-electron chi connectivity index (χ3n) is 1.93. The first-order chi connectivity index (χ1) is 6.90. The molecule has 0 spiro atoms. The zero-order valence-electron chi connectivity index (χ0n) is 7.51. The second-order valence-electron chi connectivity index (χ2n) is 2.81. The molecular formula is C10H10N4. The molecular weight excluding hydrogens is 176 g/mol. The van der Waals surface area contributed by atoms with E-state index in [0.29, 0.717) is 5.82 Å². The lowest BCUT2D eigenvalue weighted by molar-refractivity contribution is 1.23. The van der Waals surface area contributed by atoms with E-state index in [-0.39, 0.29) is 0 Å². The standard InChI is InChI=1S/C10H10N4/c11-14-10-2-1-9(7-13-10)8-3-5-12-6-4-8/h1-7H,11H2,(H,13,14). The fourth-order valence-corrected chi connectivity index (χ4v) is 1.19. The Morgan fingerprint density at radius 3 is 2.36 bits per heavy atom. The largest absolute Gasteiger partial charge is 0.308 e. The zero-order chi connectivity index (χ0) is 9.80. The van der Waals surface area contributed by atoms with Crippen molar-refractivity contribution in [3.8, 4) is 11.1 Å². The van der Waals surface area contributed by atoms with Crippen LogP contribution in [-0.2, 0) is 0 Å². The average Bonchev–Trinajstić information content (AvgIpc) is 2.30. The van der Waals surface area contributed by atoms with Gasteiger partial charge in [-0.05, 0) is 29.8 Å². The molecule has 2 aromatic rings. The Balaban J connectivity index is 2.34.